The van der Waals surface area contributed by atoms with Crippen LogP contribution in [0.1, 0.15) is 32.0 Å². The predicted molar refractivity (Wildman–Crippen MR) is 70.3 cm³/mol. The van der Waals surface area contributed by atoms with E-state index < -0.39 is 5.54 Å². The number of methoxy groups -OCH3 is 1. The lowest BCUT2D eigenvalue weighted by atomic mass is 9.99. The smallest absolute Gasteiger partial charge is 0.243 e. The summed E-state index contributed by atoms with van der Waals surface area (Å²) in [5.74, 6) is 0.967. The van der Waals surface area contributed by atoms with E-state index in [9.17, 15) is 4.79 Å². The number of carbonyl (C=O) groups excluding carboxylic acids is 1. The van der Waals surface area contributed by atoms with Gasteiger partial charge in [0.15, 0.2) is 0 Å². The molecule has 18 heavy (non-hydrogen) atoms. The van der Waals surface area contributed by atoms with E-state index in [0.29, 0.717) is 0 Å². The summed E-state index contributed by atoms with van der Waals surface area (Å²) in [7, 11) is 3.48. The molecular weight excluding hydrogens is 228 g/mol. The summed E-state index contributed by atoms with van der Waals surface area (Å²) in [6, 6.07) is 7.80. The Morgan fingerprint density at radius 2 is 2.00 bits per heavy atom. The van der Waals surface area contributed by atoms with Gasteiger partial charge < -0.3 is 9.64 Å². The highest BCUT2D eigenvalue weighted by Gasteiger charge is 2.45. The first kappa shape index (κ1) is 12.9. The number of benzene rings is 1. The van der Waals surface area contributed by atoms with Gasteiger partial charge in [0.2, 0.25) is 5.91 Å². The number of nitrogens with one attached hydrogen (secondary N) is 1. The zero-order valence-electron chi connectivity index (χ0n) is 11.4. The van der Waals surface area contributed by atoms with Crippen LogP contribution in [0.5, 0.6) is 5.75 Å². The van der Waals surface area contributed by atoms with E-state index in [1.807, 2.05) is 45.2 Å². The fourth-order valence-corrected chi connectivity index (χ4v) is 2.31. The van der Waals surface area contributed by atoms with Gasteiger partial charge in [0.05, 0.1) is 12.6 Å². The number of ether oxygens (including phenoxy) is 1. The van der Waals surface area contributed by atoms with Gasteiger partial charge in [-0.1, -0.05) is 19.1 Å². The minimum atomic E-state index is -0.459. The molecule has 0 spiro atoms. The van der Waals surface area contributed by atoms with Crippen molar-refractivity contribution in [2.45, 2.75) is 32.0 Å². The second-order valence-corrected chi connectivity index (χ2v) is 4.92. The lowest BCUT2D eigenvalue weighted by Crippen LogP contribution is -2.42. The van der Waals surface area contributed by atoms with E-state index in [-0.39, 0.29) is 12.1 Å². The van der Waals surface area contributed by atoms with Crippen molar-refractivity contribution in [1.29, 1.82) is 0 Å². The Bertz CT molecular complexity index is 444. The topological polar surface area (TPSA) is 41.6 Å². The molecule has 0 saturated carbocycles. The van der Waals surface area contributed by atoms with Crippen LogP contribution >= 0.6 is 0 Å². The SMILES string of the molecule is CCC1(C)NC(c2ccc(OC)cc2)N(C)C1=O. The van der Waals surface area contributed by atoms with E-state index in [4.69, 9.17) is 4.74 Å². The fourth-order valence-electron chi connectivity index (χ4n) is 2.31. The molecule has 1 aliphatic rings. The third kappa shape index (κ3) is 1.97. The zero-order valence-corrected chi connectivity index (χ0v) is 11.4. The molecule has 4 nitrogen and oxygen atoms in total. The number of hydrogen-bond donors (Lipinski definition) is 1. The van der Waals surface area contributed by atoms with Crippen LogP contribution in [-0.4, -0.2) is 30.5 Å². The predicted octanol–water partition coefficient (Wildman–Crippen LogP) is 1.92. The van der Waals surface area contributed by atoms with Crippen molar-refractivity contribution in [1.82, 2.24) is 10.2 Å². The highest BCUT2D eigenvalue weighted by atomic mass is 16.5. The average molecular weight is 248 g/mol. The number of hydrogen-bond acceptors (Lipinski definition) is 3. The van der Waals surface area contributed by atoms with Gasteiger partial charge in [-0.3, -0.25) is 10.1 Å². The maximum atomic E-state index is 12.2. The van der Waals surface area contributed by atoms with Crippen LogP contribution in [-0.2, 0) is 4.79 Å². The van der Waals surface area contributed by atoms with Gasteiger partial charge in [0, 0.05) is 7.05 Å². The van der Waals surface area contributed by atoms with Crippen molar-refractivity contribution >= 4 is 5.91 Å². The third-order valence-electron chi connectivity index (χ3n) is 3.77. The van der Waals surface area contributed by atoms with Gasteiger partial charge in [0.1, 0.15) is 11.9 Å². The lowest BCUT2D eigenvalue weighted by Gasteiger charge is -2.20. The fraction of sp³-hybridized carbons (Fsp3) is 0.500. The number of likely N-dealkylation sites (N-methyl/N-ethyl adjacent to an activating group) is 1. The molecule has 98 valence electrons. The Hall–Kier alpha value is -1.55. The maximum Gasteiger partial charge on any atom is 0.243 e. The van der Waals surface area contributed by atoms with Crippen LogP contribution in [0.15, 0.2) is 24.3 Å². The van der Waals surface area contributed by atoms with Crippen molar-refractivity contribution in [2.75, 3.05) is 14.2 Å². The van der Waals surface area contributed by atoms with Crippen molar-refractivity contribution in [2.24, 2.45) is 0 Å². The molecule has 0 radical (unpaired) electrons. The second kappa shape index (κ2) is 4.61. The van der Waals surface area contributed by atoms with Crippen LogP contribution in [0.2, 0.25) is 0 Å². The van der Waals surface area contributed by atoms with Gasteiger partial charge in [-0.05, 0) is 31.0 Å². The quantitative estimate of drug-likeness (QED) is 0.888. The Morgan fingerprint density at radius 3 is 2.44 bits per heavy atom. The average Bonchev–Trinajstić information content (AvgIpc) is 2.64. The minimum absolute atomic E-state index is 0.0617. The van der Waals surface area contributed by atoms with Crippen LogP contribution in [0.3, 0.4) is 0 Å². The summed E-state index contributed by atoms with van der Waals surface area (Å²) >= 11 is 0. The molecule has 1 saturated heterocycles. The van der Waals surface area contributed by atoms with Crippen molar-refractivity contribution in [3.63, 3.8) is 0 Å². The van der Waals surface area contributed by atoms with Crippen LogP contribution in [0.4, 0.5) is 0 Å². The van der Waals surface area contributed by atoms with E-state index in [2.05, 4.69) is 5.32 Å². The molecule has 1 aromatic rings. The highest BCUT2D eigenvalue weighted by Crippen LogP contribution is 2.31. The summed E-state index contributed by atoms with van der Waals surface area (Å²) in [6.45, 7) is 3.98. The number of carbonyl (C=O) groups is 1. The van der Waals surface area contributed by atoms with E-state index in [0.717, 1.165) is 17.7 Å². The molecule has 2 unspecified atom stereocenters. The summed E-state index contributed by atoms with van der Waals surface area (Å²) in [6.07, 6.45) is 0.719. The van der Waals surface area contributed by atoms with Crippen molar-refractivity contribution in [3.8, 4) is 5.75 Å². The van der Waals surface area contributed by atoms with Gasteiger partial charge in [-0.15, -0.1) is 0 Å². The highest BCUT2D eigenvalue weighted by molar-refractivity contribution is 5.88. The largest absolute Gasteiger partial charge is 0.497 e. The number of rotatable bonds is 3. The van der Waals surface area contributed by atoms with E-state index >= 15 is 0 Å². The Kier molecular flexibility index (Phi) is 3.30. The first-order valence-corrected chi connectivity index (χ1v) is 6.20. The third-order valence-corrected chi connectivity index (χ3v) is 3.77. The summed E-state index contributed by atoms with van der Waals surface area (Å²) < 4.78 is 5.14. The summed E-state index contributed by atoms with van der Waals surface area (Å²) in [4.78, 5) is 14.0. The number of nitrogens with zero attached hydrogens (tertiary/aromatic N) is 1. The number of amides is 1. The lowest BCUT2D eigenvalue weighted by molar-refractivity contribution is -0.131. The molecular formula is C14H20N2O2. The molecule has 0 aliphatic carbocycles. The molecule has 0 aromatic heterocycles. The molecule has 0 bridgehead atoms. The van der Waals surface area contributed by atoms with Crippen LogP contribution in [0, 0.1) is 0 Å². The van der Waals surface area contributed by atoms with Crippen molar-refractivity contribution < 1.29 is 9.53 Å². The molecule has 1 N–H and O–H groups in total. The molecule has 1 heterocycles. The molecule has 4 heteroatoms. The Morgan fingerprint density at radius 1 is 1.39 bits per heavy atom. The monoisotopic (exact) mass is 248 g/mol. The molecule has 1 aliphatic heterocycles. The van der Waals surface area contributed by atoms with Crippen LogP contribution in [0.25, 0.3) is 0 Å². The van der Waals surface area contributed by atoms with E-state index in [1.54, 1.807) is 12.0 Å². The zero-order chi connectivity index (χ0) is 13.3. The Labute approximate surface area is 108 Å². The van der Waals surface area contributed by atoms with Gasteiger partial charge in [-0.2, -0.15) is 0 Å². The summed E-state index contributed by atoms with van der Waals surface area (Å²) in [5.41, 5.74) is 0.614. The molecule has 2 atom stereocenters. The Balaban J connectivity index is 2.26. The van der Waals surface area contributed by atoms with Gasteiger partial charge in [0.25, 0.3) is 0 Å². The van der Waals surface area contributed by atoms with Crippen LogP contribution < -0.4 is 10.1 Å². The summed E-state index contributed by atoms with van der Waals surface area (Å²) in [5, 5.41) is 3.41. The maximum absolute atomic E-state index is 12.2. The molecule has 1 fully saturated rings. The first-order chi connectivity index (χ1) is 8.51. The minimum Gasteiger partial charge on any atom is -0.497 e. The second-order valence-electron chi connectivity index (χ2n) is 4.92. The van der Waals surface area contributed by atoms with Gasteiger partial charge >= 0.3 is 0 Å². The van der Waals surface area contributed by atoms with Crippen molar-refractivity contribution in [3.05, 3.63) is 29.8 Å². The van der Waals surface area contributed by atoms with Gasteiger partial charge in [-0.25, -0.2) is 0 Å². The molecule has 1 amide bonds. The normalized spacial score (nSPS) is 27.7. The first-order valence-electron chi connectivity index (χ1n) is 6.20. The standard InChI is InChI=1S/C14H20N2O2/c1-5-14(2)13(17)16(3)12(15-14)10-6-8-11(18-4)9-7-10/h6-9,12,15H,5H2,1-4H3. The molecule has 1 aromatic carbocycles. The molecule has 2 rings (SSSR count). The van der Waals surface area contributed by atoms with E-state index in [1.165, 1.54) is 0 Å².